The van der Waals surface area contributed by atoms with Crippen molar-refractivity contribution in [2.45, 2.75) is 31.3 Å². The van der Waals surface area contributed by atoms with Crippen LogP contribution in [-0.2, 0) is 4.79 Å². The van der Waals surface area contributed by atoms with Gasteiger partial charge < -0.3 is 20.6 Å². The molecule has 18 heavy (non-hydrogen) atoms. The van der Waals surface area contributed by atoms with Crippen LogP contribution < -0.4 is 10.6 Å². The highest BCUT2D eigenvalue weighted by Gasteiger charge is 2.22. The van der Waals surface area contributed by atoms with E-state index in [1.807, 2.05) is 7.05 Å². The maximum atomic E-state index is 11.6. The van der Waals surface area contributed by atoms with Crippen LogP contribution in [0.5, 0.6) is 0 Å². The molecule has 0 aliphatic carbocycles. The van der Waals surface area contributed by atoms with Crippen LogP contribution in [0.3, 0.4) is 0 Å². The molecule has 1 atom stereocenters. The number of carboxylic acids is 1. The van der Waals surface area contributed by atoms with Crippen LogP contribution in [0.1, 0.15) is 19.3 Å². The monoisotopic (exact) mass is 253 g/mol. The SMILES string of the molecule is C#CCC(NC(=O)NC1CCN(C)CC1)C(=O)O. The van der Waals surface area contributed by atoms with Crippen LogP contribution in [0.4, 0.5) is 4.79 Å². The second kappa shape index (κ2) is 6.87. The van der Waals surface area contributed by atoms with Gasteiger partial charge in [-0.05, 0) is 33.0 Å². The van der Waals surface area contributed by atoms with Crippen LogP contribution in [0.25, 0.3) is 0 Å². The predicted molar refractivity (Wildman–Crippen MR) is 67.1 cm³/mol. The number of rotatable bonds is 4. The van der Waals surface area contributed by atoms with Gasteiger partial charge in [-0.3, -0.25) is 0 Å². The number of likely N-dealkylation sites (tertiary alicyclic amines) is 1. The number of aliphatic carboxylic acids is 1. The summed E-state index contributed by atoms with van der Waals surface area (Å²) in [6.07, 6.45) is 6.78. The third-order valence-corrected chi connectivity index (χ3v) is 2.98. The van der Waals surface area contributed by atoms with Gasteiger partial charge in [-0.1, -0.05) is 0 Å². The number of amides is 2. The van der Waals surface area contributed by atoms with Gasteiger partial charge in [-0.2, -0.15) is 0 Å². The first-order valence-corrected chi connectivity index (χ1v) is 5.94. The third kappa shape index (κ3) is 4.63. The van der Waals surface area contributed by atoms with E-state index in [2.05, 4.69) is 21.5 Å². The molecule has 6 heteroatoms. The van der Waals surface area contributed by atoms with Crippen molar-refractivity contribution in [3.05, 3.63) is 0 Å². The number of hydrogen-bond acceptors (Lipinski definition) is 3. The average Bonchev–Trinajstić information content (AvgIpc) is 2.31. The lowest BCUT2D eigenvalue weighted by Crippen LogP contribution is -2.51. The minimum absolute atomic E-state index is 0.0177. The first kappa shape index (κ1) is 14.3. The Morgan fingerprint density at radius 3 is 2.61 bits per heavy atom. The quantitative estimate of drug-likeness (QED) is 0.609. The van der Waals surface area contributed by atoms with E-state index in [0.29, 0.717) is 0 Å². The summed E-state index contributed by atoms with van der Waals surface area (Å²) in [5, 5.41) is 14.0. The first-order valence-electron chi connectivity index (χ1n) is 5.94. The number of urea groups is 1. The maximum Gasteiger partial charge on any atom is 0.327 e. The topological polar surface area (TPSA) is 81.7 Å². The fourth-order valence-corrected chi connectivity index (χ4v) is 1.86. The average molecular weight is 253 g/mol. The summed E-state index contributed by atoms with van der Waals surface area (Å²) in [4.78, 5) is 24.6. The number of hydrogen-bond donors (Lipinski definition) is 3. The number of carbonyl (C=O) groups is 2. The second-order valence-corrected chi connectivity index (χ2v) is 4.49. The minimum Gasteiger partial charge on any atom is -0.480 e. The lowest BCUT2D eigenvalue weighted by molar-refractivity contribution is -0.139. The van der Waals surface area contributed by atoms with Gasteiger partial charge in [0.15, 0.2) is 0 Å². The largest absolute Gasteiger partial charge is 0.480 e. The Kier molecular flexibility index (Phi) is 5.46. The molecule has 0 radical (unpaired) electrons. The van der Waals surface area contributed by atoms with Crippen molar-refractivity contribution in [3.8, 4) is 12.3 Å². The molecule has 0 spiro atoms. The Hall–Kier alpha value is -1.74. The summed E-state index contributed by atoms with van der Waals surface area (Å²) in [6, 6.07) is -1.39. The summed E-state index contributed by atoms with van der Waals surface area (Å²) < 4.78 is 0. The second-order valence-electron chi connectivity index (χ2n) is 4.49. The molecule has 1 aliphatic rings. The molecule has 1 unspecified atom stereocenters. The molecule has 6 nitrogen and oxygen atoms in total. The highest BCUT2D eigenvalue weighted by Crippen LogP contribution is 2.07. The van der Waals surface area contributed by atoms with Gasteiger partial charge in [-0.15, -0.1) is 12.3 Å². The maximum absolute atomic E-state index is 11.6. The molecule has 100 valence electrons. The Morgan fingerprint density at radius 2 is 2.11 bits per heavy atom. The standard InChI is InChI=1S/C12H19N3O3/c1-3-4-10(11(16)17)14-12(18)13-9-5-7-15(2)8-6-9/h1,9-10H,4-8H2,2H3,(H,16,17)(H2,13,14,18). The van der Waals surface area contributed by atoms with Crippen molar-refractivity contribution >= 4 is 12.0 Å². The molecular formula is C12H19N3O3. The molecule has 0 bridgehead atoms. The molecule has 0 saturated carbocycles. The molecule has 1 fully saturated rings. The van der Waals surface area contributed by atoms with Gasteiger partial charge in [-0.25, -0.2) is 9.59 Å². The summed E-state index contributed by atoms with van der Waals surface area (Å²) in [7, 11) is 2.03. The van der Waals surface area contributed by atoms with Crippen molar-refractivity contribution in [2.24, 2.45) is 0 Å². The molecule has 1 rings (SSSR count). The van der Waals surface area contributed by atoms with Crippen LogP contribution in [0.2, 0.25) is 0 Å². The lowest BCUT2D eigenvalue weighted by atomic mass is 10.1. The smallest absolute Gasteiger partial charge is 0.327 e. The number of nitrogens with one attached hydrogen (secondary N) is 2. The van der Waals surface area contributed by atoms with E-state index in [0.717, 1.165) is 25.9 Å². The van der Waals surface area contributed by atoms with Gasteiger partial charge in [0.1, 0.15) is 6.04 Å². The molecule has 0 aromatic rings. The van der Waals surface area contributed by atoms with Crippen LogP contribution in [0, 0.1) is 12.3 Å². The first-order chi connectivity index (χ1) is 8.52. The predicted octanol–water partition coefficient (Wildman–Crippen LogP) is -0.144. The number of carbonyl (C=O) groups excluding carboxylic acids is 1. The van der Waals surface area contributed by atoms with Crippen molar-refractivity contribution in [1.82, 2.24) is 15.5 Å². The number of piperidine rings is 1. The molecule has 1 heterocycles. The lowest BCUT2D eigenvalue weighted by Gasteiger charge is -2.29. The molecule has 3 N–H and O–H groups in total. The minimum atomic E-state index is -1.12. The normalized spacial score (nSPS) is 18.7. The summed E-state index contributed by atoms with van der Waals surface area (Å²) in [5.74, 6) is 1.11. The van der Waals surface area contributed by atoms with Crippen molar-refractivity contribution < 1.29 is 14.7 Å². The van der Waals surface area contributed by atoms with Gasteiger partial charge in [0.05, 0.1) is 0 Å². The number of nitrogens with zero attached hydrogens (tertiary/aromatic N) is 1. The Morgan fingerprint density at radius 1 is 1.50 bits per heavy atom. The zero-order valence-electron chi connectivity index (χ0n) is 10.5. The molecule has 1 saturated heterocycles. The van der Waals surface area contributed by atoms with E-state index in [1.165, 1.54) is 0 Å². The van der Waals surface area contributed by atoms with Gasteiger partial charge in [0, 0.05) is 12.5 Å². The van der Waals surface area contributed by atoms with E-state index in [-0.39, 0.29) is 12.5 Å². The highest BCUT2D eigenvalue weighted by atomic mass is 16.4. The number of carboxylic acid groups (broad SMARTS) is 1. The zero-order valence-corrected chi connectivity index (χ0v) is 10.5. The molecular weight excluding hydrogens is 234 g/mol. The summed E-state index contributed by atoms with van der Waals surface area (Å²) >= 11 is 0. The van der Waals surface area contributed by atoms with Crippen molar-refractivity contribution in [3.63, 3.8) is 0 Å². The molecule has 2 amide bonds. The van der Waals surface area contributed by atoms with Crippen LogP contribution in [-0.4, -0.2) is 54.2 Å². The molecule has 1 aliphatic heterocycles. The fraction of sp³-hybridized carbons (Fsp3) is 0.667. The van der Waals surface area contributed by atoms with Crippen molar-refractivity contribution in [2.75, 3.05) is 20.1 Å². The zero-order chi connectivity index (χ0) is 13.5. The van der Waals surface area contributed by atoms with E-state index >= 15 is 0 Å². The number of terminal acetylenes is 1. The van der Waals surface area contributed by atoms with E-state index in [1.54, 1.807) is 0 Å². The Bertz CT molecular complexity index is 343. The molecule has 0 aromatic carbocycles. The van der Waals surface area contributed by atoms with Gasteiger partial charge in [0.2, 0.25) is 0 Å². The Labute approximate surface area is 107 Å². The highest BCUT2D eigenvalue weighted by molar-refractivity contribution is 5.82. The van der Waals surface area contributed by atoms with Gasteiger partial charge >= 0.3 is 12.0 Å². The van der Waals surface area contributed by atoms with Crippen LogP contribution in [0.15, 0.2) is 0 Å². The van der Waals surface area contributed by atoms with E-state index in [4.69, 9.17) is 11.5 Å². The third-order valence-electron chi connectivity index (χ3n) is 2.98. The van der Waals surface area contributed by atoms with E-state index < -0.39 is 18.0 Å². The van der Waals surface area contributed by atoms with Crippen molar-refractivity contribution in [1.29, 1.82) is 0 Å². The molecule has 0 aromatic heterocycles. The summed E-state index contributed by atoms with van der Waals surface area (Å²) in [6.45, 7) is 1.86. The van der Waals surface area contributed by atoms with Crippen LogP contribution >= 0.6 is 0 Å². The van der Waals surface area contributed by atoms with E-state index in [9.17, 15) is 9.59 Å². The Balaban J connectivity index is 2.36. The summed E-state index contributed by atoms with van der Waals surface area (Å²) in [5.41, 5.74) is 0. The fourth-order valence-electron chi connectivity index (χ4n) is 1.86. The van der Waals surface area contributed by atoms with Gasteiger partial charge in [0.25, 0.3) is 0 Å².